The van der Waals surface area contributed by atoms with Crippen LogP contribution in [0, 0.1) is 10.1 Å². The highest BCUT2D eigenvalue weighted by molar-refractivity contribution is 6.35. The highest BCUT2D eigenvalue weighted by atomic mass is 35.5. The van der Waals surface area contributed by atoms with E-state index >= 15 is 0 Å². The minimum Gasteiger partial charge on any atom is -0.495 e. The molecular weight excluding hydrogens is 457 g/mol. The molecule has 2 aromatic carbocycles. The average molecular weight is 471 g/mol. The number of benzene rings is 2. The summed E-state index contributed by atoms with van der Waals surface area (Å²) in [5.41, 5.74) is 0.279. The van der Waals surface area contributed by atoms with E-state index < -0.39 is 10.6 Å². The van der Waals surface area contributed by atoms with Crippen LogP contribution in [0.2, 0.25) is 15.1 Å². The summed E-state index contributed by atoms with van der Waals surface area (Å²) in [6.07, 6.45) is 1.16. The van der Waals surface area contributed by atoms with Crippen LogP contribution in [0.3, 0.4) is 0 Å². The van der Waals surface area contributed by atoms with E-state index in [0.717, 1.165) is 6.33 Å². The molecule has 0 saturated heterocycles. The van der Waals surface area contributed by atoms with Crippen molar-refractivity contribution >= 4 is 63.5 Å². The monoisotopic (exact) mass is 469 g/mol. The maximum Gasteiger partial charge on any atom is 0.353 e. The van der Waals surface area contributed by atoms with Crippen molar-refractivity contribution in [3.8, 4) is 11.5 Å². The maximum atomic E-state index is 11.8. The Morgan fingerprint density at radius 3 is 2.13 bits per heavy atom. The molecule has 0 radical (unpaired) electrons. The quantitative estimate of drug-likeness (QED) is 0.327. The van der Waals surface area contributed by atoms with Crippen LogP contribution >= 0.6 is 34.8 Å². The fourth-order valence-corrected chi connectivity index (χ4v) is 3.12. The summed E-state index contributed by atoms with van der Waals surface area (Å²) in [6, 6.07) is 7.72. The van der Waals surface area contributed by atoms with Gasteiger partial charge in [-0.1, -0.05) is 34.8 Å². The minimum absolute atomic E-state index is 0.0831. The molecule has 0 unspecified atom stereocenters. The van der Waals surface area contributed by atoms with Crippen molar-refractivity contribution < 1.29 is 14.4 Å². The van der Waals surface area contributed by atoms with Crippen LogP contribution in [-0.4, -0.2) is 29.1 Å². The molecule has 30 heavy (non-hydrogen) atoms. The van der Waals surface area contributed by atoms with Crippen LogP contribution in [-0.2, 0) is 0 Å². The van der Waals surface area contributed by atoms with Gasteiger partial charge in [0, 0.05) is 11.1 Å². The highest BCUT2D eigenvalue weighted by Crippen LogP contribution is 2.40. The fourth-order valence-electron chi connectivity index (χ4n) is 2.54. The van der Waals surface area contributed by atoms with E-state index in [2.05, 4.69) is 20.6 Å². The number of hydrogen-bond donors (Lipinski definition) is 2. The molecule has 156 valence electrons. The van der Waals surface area contributed by atoms with E-state index in [1.54, 1.807) is 18.2 Å². The number of anilines is 4. The molecule has 3 rings (SSSR count). The van der Waals surface area contributed by atoms with Crippen molar-refractivity contribution in [3.05, 3.63) is 61.8 Å². The van der Waals surface area contributed by atoms with Crippen LogP contribution in [0.5, 0.6) is 11.5 Å². The number of hydrogen-bond acceptors (Lipinski definition) is 8. The average Bonchev–Trinajstić information content (AvgIpc) is 2.71. The van der Waals surface area contributed by atoms with E-state index in [-0.39, 0.29) is 16.7 Å². The number of nitrogens with one attached hydrogen (secondary N) is 2. The highest BCUT2D eigenvalue weighted by Gasteiger charge is 2.25. The summed E-state index contributed by atoms with van der Waals surface area (Å²) in [7, 11) is 2.90. The number of methoxy groups -OCH3 is 2. The number of aromatic nitrogens is 2. The maximum absolute atomic E-state index is 11.8. The van der Waals surface area contributed by atoms with Gasteiger partial charge >= 0.3 is 5.69 Å². The molecule has 0 spiro atoms. The predicted molar refractivity (Wildman–Crippen MR) is 116 cm³/mol. The molecule has 9 nitrogen and oxygen atoms in total. The van der Waals surface area contributed by atoms with Crippen molar-refractivity contribution in [1.29, 1.82) is 0 Å². The normalized spacial score (nSPS) is 10.4. The standard InChI is InChI=1S/C18H14Cl3N5O4/c1-29-14-7-15(30-2)13(6-11(14)21)25-18-16(26(27)28)17(22-8-23-18)24-12-5-9(19)3-4-10(12)20/h3-8H,1-2H3,(H2,22,23,24,25). The molecule has 1 aromatic heterocycles. The van der Waals surface area contributed by atoms with Gasteiger partial charge in [-0.05, 0) is 24.3 Å². The third-order valence-electron chi connectivity index (χ3n) is 3.91. The van der Waals surface area contributed by atoms with E-state index in [1.807, 2.05) is 0 Å². The lowest BCUT2D eigenvalue weighted by Crippen LogP contribution is -2.06. The van der Waals surface area contributed by atoms with Crippen molar-refractivity contribution in [3.63, 3.8) is 0 Å². The minimum atomic E-state index is -0.624. The first-order valence-electron chi connectivity index (χ1n) is 8.24. The topological polar surface area (TPSA) is 111 Å². The zero-order valence-corrected chi connectivity index (χ0v) is 17.8. The molecular formula is C18H14Cl3N5O4. The summed E-state index contributed by atoms with van der Waals surface area (Å²) in [4.78, 5) is 19.1. The molecule has 12 heteroatoms. The Bertz CT molecular complexity index is 1110. The number of nitro groups is 1. The zero-order valence-electron chi connectivity index (χ0n) is 15.6. The predicted octanol–water partition coefficient (Wildman–Crippen LogP) is 5.85. The second-order valence-corrected chi connectivity index (χ2v) is 6.99. The Labute approximate surface area is 186 Å². The number of nitrogens with zero attached hydrogens (tertiary/aromatic N) is 3. The van der Waals surface area contributed by atoms with Gasteiger partial charge in [-0.15, -0.1) is 0 Å². The smallest absolute Gasteiger partial charge is 0.353 e. The number of ether oxygens (including phenoxy) is 2. The first-order valence-corrected chi connectivity index (χ1v) is 9.37. The van der Waals surface area contributed by atoms with Crippen LogP contribution in [0.1, 0.15) is 0 Å². The van der Waals surface area contributed by atoms with E-state index in [9.17, 15) is 10.1 Å². The number of halogens is 3. The Morgan fingerprint density at radius 1 is 0.900 bits per heavy atom. The molecule has 0 aliphatic heterocycles. The molecule has 3 aromatic rings. The Morgan fingerprint density at radius 2 is 1.53 bits per heavy atom. The summed E-state index contributed by atoms with van der Waals surface area (Å²) >= 11 is 18.3. The molecule has 0 aliphatic carbocycles. The molecule has 1 heterocycles. The lowest BCUT2D eigenvalue weighted by Gasteiger charge is -2.14. The van der Waals surface area contributed by atoms with Gasteiger partial charge in [-0.2, -0.15) is 0 Å². The lowest BCUT2D eigenvalue weighted by atomic mass is 10.2. The fraction of sp³-hybridized carbons (Fsp3) is 0.111. The molecule has 0 aliphatic rings. The van der Waals surface area contributed by atoms with Crippen molar-refractivity contribution in [2.24, 2.45) is 0 Å². The Hall–Kier alpha value is -3.01. The van der Waals surface area contributed by atoms with Gasteiger partial charge in [0.25, 0.3) is 0 Å². The Kier molecular flexibility index (Phi) is 6.66. The van der Waals surface area contributed by atoms with Gasteiger partial charge in [0.1, 0.15) is 17.8 Å². The van der Waals surface area contributed by atoms with Crippen molar-refractivity contribution in [1.82, 2.24) is 9.97 Å². The first-order chi connectivity index (χ1) is 14.3. The van der Waals surface area contributed by atoms with Gasteiger partial charge in [0.05, 0.1) is 40.6 Å². The molecule has 0 saturated carbocycles. The molecule has 0 bridgehead atoms. The third-order valence-corrected chi connectivity index (χ3v) is 4.77. The second-order valence-electron chi connectivity index (χ2n) is 5.74. The van der Waals surface area contributed by atoms with Crippen molar-refractivity contribution in [2.75, 3.05) is 24.9 Å². The van der Waals surface area contributed by atoms with Crippen LogP contribution in [0.4, 0.5) is 28.7 Å². The van der Waals surface area contributed by atoms with E-state index in [1.165, 1.54) is 26.4 Å². The molecule has 2 N–H and O–H groups in total. The molecule has 0 atom stereocenters. The molecule has 0 fully saturated rings. The van der Waals surface area contributed by atoms with Gasteiger partial charge in [0.2, 0.25) is 11.6 Å². The third kappa shape index (κ3) is 4.59. The van der Waals surface area contributed by atoms with E-state index in [0.29, 0.717) is 32.9 Å². The summed E-state index contributed by atoms with van der Waals surface area (Å²) in [5, 5.41) is 18.5. The van der Waals surface area contributed by atoms with Gasteiger partial charge in [-0.3, -0.25) is 10.1 Å². The summed E-state index contributed by atoms with van der Waals surface area (Å²) in [6.45, 7) is 0. The van der Waals surface area contributed by atoms with Crippen LogP contribution in [0.25, 0.3) is 0 Å². The van der Waals surface area contributed by atoms with Gasteiger partial charge in [-0.25, -0.2) is 9.97 Å². The first kappa shape index (κ1) is 21.7. The zero-order chi connectivity index (χ0) is 21.8. The summed E-state index contributed by atoms with van der Waals surface area (Å²) < 4.78 is 10.5. The summed E-state index contributed by atoms with van der Waals surface area (Å²) in [5.74, 6) is 0.557. The Balaban J connectivity index is 2.05. The van der Waals surface area contributed by atoms with Crippen LogP contribution < -0.4 is 20.1 Å². The van der Waals surface area contributed by atoms with Gasteiger partial charge in [0.15, 0.2) is 0 Å². The largest absolute Gasteiger partial charge is 0.495 e. The molecule has 0 amide bonds. The number of rotatable bonds is 7. The van der Waals surface area contributed by atoms with E-state index in [4.69, 9.17) is 44.3 Å². The van der Waals surface area contributed by atoms with Gasteiger partial charge < -0.3 is 20.1 Å². The second kappa shape index (κ2) is 9.21. The van der Waals surface area contributed by atoms with Crippen LogP contribution in [0.15, 0.2) is 36.7 Å². The lowest BCUT2D eigenvalue weighted by molar-refractivity contribution is -0.383. The van der Waals surface area contributed by atoms with Crippen molar-refractivity contribution in [2.45, 2.75) is 0 Å². The SMILES string of the molecule is COc1cc(OC)c(Nc2ncnc(Nc3cc(Cl)ccc3Cl)c2[N+](=O)[O-])cc1Cl.